The van der Waals surface area contributed by atoms with Gasteiger partial charge in [0, 0.05) is 50.5 Å². The normalized spacial score (nSPS) is 15.2. The number of ether oxygens (including phenoxy) is 1. The lowest BCUT2D eigenvalue weighted by Gasteiger charge is -2.32. The highest BCUT2D eigenvalue weighted by Crippen LogP contribution is 2.21. The first-order valence-corrected chi connectivity index (χ1v) is 10.2. The van der Waals surface area contributed by atoms with Gasteiger partial charge in [0.25, 0.3) is 0 Å². The quantitative estimate of drug-likeness (QED) is 0.593. The number of likely N-dealkylation sites (tertiary alicyclic amines) is 1. The van der Waals surface area contributed by atoms with Crippen LogP contribution in [-0.4, -0.2) is 48.6 Å². The van der Waals surface area contributed by atoms with Crippen molar-refractivity contribution in [1.82, 2.24) is 20.5 Å². The highest BCUT2D eigenvalue weighted by molar-refractivity contribution is 5.78. The molecule has 2 aromatic rings. The van der Waals surface area contributed by atoms with E-state index in [0.29, 0.717) is 13.1 Å². The summed E-state index contributed by atoms with van der Waals surface area (Å²) < 4.78 is 5.44. The van der Waals surface area contributed by atoms with E-state index in [1.54, 1.807) is 13.3 Å². The van der Waals surface area contributed by atoms with E-state index in [9.17, 15) is 4.79 Å². The molecule has 1 fully saturated rings. The SMILES string of the molecule is COc1ccccc1CN1CCC(NC(=O)CNCc2cc(CN)ccn2)CC1. The topological polar surface area (TPSA) is 92.5 Å². The number of amides is 1. The number of para-hydroxylation sites is 1. The van der Waals surface area contributed by atoms with E-state index in [2.05, 4.69) is 26.6 Å². The van der Waals surface area contributed by atoms with Crippen LogP contribution < -0.4 is 21.1 Å². The maximum Gasteiger partial charge on any atom is 0.234 e. The third kappa shape index (κ3) is 6.52. The van der Waals surface area contributed by atoms with Gasteiger partial charge in [-0.1, -0.05) is 18.2 Å². The zero-order chi connectivity index (χ0) is 20.5. The summed E-state index contributed by atoms with van der Waals surface area (Å²) in [6, 6.07) is 12.2. The van der Waals surface area contributed by atoms with Gasteiger partial charge in [-0.2, -0.15) is 0 Å². The number of piperidine rings is 1. The molecule has 1 saturated heterocycles. The van der Waals surface area contributed by atoms with Gasteiger partial charge in [-0.25, -0.2) is 0 Å². The summed E-state index contributed by atoms with van der Waals surface area (Å²) in [5.41, 5.74) is 8.78. The Labute approximate surface area is 172 Å². The molecule has 2 heterocycles. The summed E-state index contributed by atoms with van der Waals surface area (Å²) in [5, 5.41) is 6.30. The molecular formula is C22H31N5O2. The Morgan fingerprint density at radius 1 is 1.28 bits per heavy atom. The molecule has 1 aliphatic heterocycles. The molecule has 0 spiro atoms. The first kappa shape index (κ1) is 21.2. The van der Waals surface area contributed by atoms with Crippen molar-refractivity contribution in [3.63, 3.8) is 0 Å². The Balaban J connectivity index is 1.36. The van der Waals surface area contributed by atoms with Gasteiger partial charge in [0.1, 0.15) is 5.75 Å². The highest BCUT2D eigenvalue weighted by Gasteiger charge is 2.21. The van der Waals surface area contributed by atoms with Crippen molar-refractivity contribution >= 4 is 5.91 Å². The first-order chi connectivity index (χ1) is 14.2. The predicted octanol–water partition coefficient (Wildman–Crippen LogP) is 1.42. The number of nitrogens with one attached hydrogen (secondary N) is 2. The zero-order valence-electron chi connectivity index (χ0n) is 17.1. The Morgan fingerprint density at radius 3 is 2.83 bits per heavy atom. The molecule has 0 bridgehead atoms. The summed E-state index contributed by atoms with van der Waals surface area (Å²) in [5.74, 6) is 0.962. The average Bonchev–Trinajstić information content (AvgIpc) is 2.75. The average molecular weight is 398 g/mol. The maximum atomic E-state index is 12.2. The molecule has 1 aliphatic rings. The number of aromatic nitrogens is 1. The van der Waals surface area contributed by atoms with Crippen LogP contribution in [-0.2, 0) is 24.4 Å². The molecule has 7 nitrogen and oxygen atoms in total. The molecule has 1 amide bonds. The van der Waals surface area contributed by atoms with Crippen LogP contribution in [0.15, 0.2) is 42.6 Å². The number of benzene rings is 1. The molecule has 0 unspecified atom stereocenters. The van der Waals surface area contributed by atoms with E-state index < -0.39 is 0 Å². The summed E-state index contributed by atoms with van der Waals surface area (Å²) in [6.07, 6.45) is 3.67. The van der Waals surface area contributed by atoms with Crippen LogP contribution in [0.25, 0.3) is 0 Å². The minimum atomic E-state index is 0.0307. The van der Waals surface area contributed by atoms with Crippen molar-refractivity contribution in [3.05, 3.63) is 59.4 Å². The zero-order valence-corrected chi connectivity index (χ0v) is 17.1. The van der Waals surface area contributed by atoms with Gasteiger partial charge < -0.3 is 21.1 Å². The van der Waals surface area contributed by atoms with Crippen LogP contribution in [0.3, 0.4) is 0 Å². The Bertz CT molecular complexity index is 790. The van der Waals surface area contributed by atoms with E-state index in [1.165, 1.54) is 5.56 Å². The largest absolute Gasteiger partial charge is 0.496 e. The van der Waals surface area contributed by atoms with Crippen LogP contribution in [0.2, 0.25) is 0 Å². The van der Waals surface area contributed by atoms with Gasteiger partial charge in [0.05, 0.1) is 19.3 Å². The maximum absolute atomic E-state index is 12.2. The van der Waals surface area contributed by atoms with Crippen molar-refractivity contribution in [2.45, 2.75) is 38.5 Å². The smallest absolute Gasteiger partial charge is 0.234 e. The fourth-order valence-electron chi connectivity index (χ4n) is 3.64. The Kier molecular flexibility index (Phi) is 7.98. The van der Waals surface area contributed by atoms with E-state index in [-0.39, 0.29) is 18.5 Å². The minimum absolute atomic E-state index is 0.0307. The van der Waals surface area contributed by atoms with E-state index in [1.807, 2.05) is 30.3 Å². The number of nitrogens with zero attached hydrogens (tertiary/aromatic N) is 2. The Morgan fingerprint density at radius 2 is 2.07 bits per heavy atom. The second kappa shape index (κ2) is 10.9. The monoisotopic (exact) mass is 397 g/mol. The van der Waals surface area contributed by atoms with Crippen molar-refractivity contribution < 1.29 is 9.53 Å². The molecule has 156 valence electrons. The summed E-state index contributed by atoms with van der Waals surface area (Å²) >= 11 is 0. The molecule has 0 radical (unpaired) electrons. The lowest BCUT2D eigenvalue weighted by Crippen LogP contribution is -2.46. The first-order valence-electron chi connectivity index (χ1n) is 10.2. The molecule has 1 aromatic carbocycles. The summed E-state index contributed by atoms with van der Waals surface area (Å²) in [6.45, 7) is 4.14. The third-order valence-corrected chi connectivity index (χ3v) is 5.25. The van der Waals surface area contributed by atoms with Gasteiger partial charge in [0.15, 0.2) is 0 Å². The molecule has 0 atom stereocenters. The molecular weight excluding hydrogens is 366 g/mol. The molecule has 3 rings (SSSR count). The van der Waals surface area contributed by atoms with Crippen LogP contribution in [0, 0.1) is 0 Å². The number of methoxy groups -OCH3 is 1. The fraction of sp³-hybridized carbons (Fsp3) is 0.455. The Hall–Kier alpha value is -2.48. The molecule has 4 N–H and O–H groups in total. The van der Waals surface area contributed by atoms with Crippen molar-refractivity contribution in [2.75, 3.05) is 26.7 Å². The summed E-state index contributed by atoms with van der Waals surface area (Å²) in [7, 11) is 1.71. The highest BCUT2D eigenvalue weighted by atomic mass is 16.5. The van der Waals surface area contributed by atoms with E-state index in [0.717, 1.165) is 49.5 Å². The molecule has 7 heteroatoms. The standard InChI is InChI=1S/C22H31N5O2/c1-29-21-5-3-2-4-18(21)16-27-10-7-19(8-11-27)26-22(28)15-24-14-20-12-17(13-23)6-9-25-20/h2-6,9,12,19,24H,7-8,10-11,13-16,23H2,1H3,(H,26,28). The second-order valence-electron chi connectivity index (χ2n) is 7.39. The van der Waals surface area contributed by atoms with Gasteiger partial charge in [-0.15, -0.1) is 0 Å². The number of nitrogens with two attached hydrogens (primary N) is 1. The van der Waals surface area contributed by atoms with Crippen LogP contribution in [0.1, 0.15) is 29.7 Å². The molecule has 1 aromatic heterocycles. The van der Waals surface area contributed by atoms with Gasteiger partial charge >= 0.3 is 0 Å². The predicted molar refractivity (Wildman–Crippen MR) is 113 cm³/mol. The number of hydrogen-bond donors (Lipinski definition) is 3. The van der Waals surface area contributed by atoms with Gasteiger partial charge in [0.2, 0.25) is 5.91 Å². The number of hydrogen-bond acceptors (Lipinski definition) is 6. The van der Waals surface area contributed by atoms with Crippen molar-refractivity contribution in [3.8, 4) is 5.75 Å². The van der Waals surface area contributed by atoms with E-state index >= 15 is 0 Å². The van der Waals surface area contributed by atoms with E-state index in [4.69, 9.17) is 10.5 Å². The fourth-order valence-corrected chi connectivity index (χ4v) is 3.64. The number of carbonyl (C=O) groups excluding carboxylic acids is 1. The minimum Gasteiger partial charge on any atom is -0.496 e. The van der Waals surface area contributed by atoms with Gasteiger partial charge in [-0.05, 0) is 36.6 Å². The lowest BCUT2D eigenvalue weighted by atomic mass is 10.0. The van der Waals surface area contributed by atoms with Crippen molar-refractivity contribution in [2.24, 2.45) is 5.73 Å². The lowest BCUT2D eigenvalue weighted by molar-refractivity contribution is -0.121. The van der Waals surface area contributed by atoms with Crippen LogP contribution >= 0.6 is 0 Å². The summed E-state index contributed by atoms with van der Waals surface area (Å²) in [4.78, 5) is 18.9. The number of pyridine rings is 1. The molecule has 29 heavy (non-hydrogen) atoms. The van der Waals surface area contributed by atoms with Crippen LogP contribution in [0.4, 0.5) is 0 Å². The molecule has 0 saturated carbocycles. The van der Waals surface area contributed by atoms with Crippen molar-refractivity contribution in [1.29, 1.82) is 0 Å². The van der Waals surface area contributed by atoms with Gasteiger partial charge in [-0.3, -0.25) is 14.7 Å². The molecule has 0 aliphatic carbocycles. The third-order valence-electron chi connectivity index (χ3n) is 5.25. The second-order valence-corrected chi connectivity index (χ2v) is 7.39. The number of carbonyl (C=O) groups is 1. The number of rotatable bonds is 9. The van der Waals surface area contributed by atoms with Crippen LogP contribution in [0.5, 0.6) is 5.75 Å².